The van der Waals surface area contributed by atoms with E-state index < -0.39 is 5.97 Å². The van der Waals surface area contributed by atoms with E-state index in [4.69, 9.17) is 11.6 Å². The Hall–Kier alpha value is -2.00. The van der Waals surface area contributed by atoms with Crippen LogP contribution >= 0.6 is 11.6 Å². The van der Waals surface area contributed by atoms with Crippen molar-refractivity contribution >= 4 is 23.3 Å². The molecule has 0 atom stereocenters. The summed E-state index contributed by atoms with van der Waals surface area (Å²) in [4.78, 5) is 13.2. The number of rotatable bonds is 3. The number of benzene rings is 2. The first-order valence-corrected chi connectivity index (χ1v) is 6.18. The first kappa shape index (κ1) is 13.4. The van der Waals surface area contributed by atoms with Gasteiger partial charge in [0.25, 0.3) is 0 Å². The molecule has 0 radical (unpaired) electrons. The Morgan fingerprint density at radius 2 is 1.74 bits per heavy atom. The Morgan fingerprint density at radius 1 is 1.11 bits per heavy atom. The van der Waals surface area contributed by atoms with Crippen LogP contribution in [0.5, 0.6) is 0 Å². The SMILES string of the molecule is CN(C)c1ccc(-c2ccccc2)c(Cl)c1C(=O)O. The van der Waals surface area contributed by atoms with Crippen LogP contribution in [0.3, 0.4) is 0 Å². The highest BCUT2D eigenvalue weighted by Crippen LogP contribution is 2.35. The van der Waals surface area contributed by atoms with Crippen LogP contribution in [0, 0.1) is 0 Å². The lowest BCUT2D eigenvalue weighted by molar-refractivity contribution is 0.0698. The Morgan fingerprint density at radius 3 is 2.26 bits per heavy atom. The first-order chi connectivity index (χ1) is 9.02. The van der Waals surface area contributed by atoms with Gasteiger partial charge in [-0.3, -0.25) is 0 Å². The molecule has 19 heavy (non-hydrogen) atoms. The summed E-state index contributed by atoms with van der Waals surface area (Å²) < 4.78 is 0. The van der Waals surface area contributed by atoms with E-state index in [1.54, 1.807) is 25.1 Å². The molecule has 0 heterocycles. The Bertz CT molecular complexity index is 609. The number of carboxylic acids is 1. The number of hydrogen-bond donors (Lipinski definition) is 1. The highest BCUT2D eigenvalue weighted by molar-refractivity contribution is 6.37. The fourth-order valence-corrected chi connectivity index (χ4v) is 2.33. The van der Waals surface area contributed by atoms with Gasteiger partial charge in [-0.05, 0) is 11.6 Å². The summed E-state index contributed by atoms with van der Waals surface area (Å²) in [5, 5.41) is 9.62. The van der Waals surface area contributed by atoms with Crippen LogP contribution in [0.25, 0.3) is 11.1 Å². The number of carboxylic acid groups (broad SMARTS) is 1. The van der Waals surface area contributed by atoms with E-state index in [0.717, 1.165) is 11.1 Å². The molecule has 0 bridgehead atoms. The van der Waals surface area contributed by atoms with Gasteiger partial charge in [0.2, 0.25) is 0 Å². The molecule has 0 aliphatic rings. The van der Waals surface area contributed by atoms with E-state index in [9.17, 15) is 9.90 Å². The predicted molar refractivity (Wildman–Crippen MR) is 78.2 cm³/mol. The fourth-order valence-electron chi connectivity index (χ4n) is 1.98. The minimum Gasteiger partial charge on any atom is -0.478 e. The molecule has 1 N–H and O–H groups in total. The Balaban J connectivity index is 2.67. The zero-order valence-electron chi connectivity index (χ0n) is 10.7. The summed E-state index contributed by atoms with van der Waals surface area (Å²) in [6, 6.07) is 13.1. The maximum absolute atomic E-state index is 11.4. The van der Waals surface area contributed by atoms with Crippen LogP contribution in [-0.2, 0) is 0 Å². The number of anilines is 1. The van der Waals surface area contributed by atoms with Crippen molar-refractivity contribution in [2.75, 3.05) is 19.0 Å². The molecular weight excluding hydrogens is 262 g/mol. The van der Waals surface area contributed by atoms with Crippen molar-refractivity contribution in [2.45, 2.75) is 0 Å². The van der Waals surface area contributed by atoms with E-state index in [-0.39, 0.29) is 10.6 Å². The Labute approximate surface area is 117 Å². The fraction of sp³-hybridized carbons (Fsp3) is 0.133. The van der Waals surface area contributed by atoms with Crippen LogP contribution in [-0.4, -0.2) is 25.2 Å². The zero-order chi connectivity index (χ0) is 14.0. The topological polar surface area (TPSA) is 40.5 Å². The highest BCUT2D eigenvalue weighted by Gasteiger charge is 2.19. The van der Waals surface area contributed by atoms with Gasteiger partial charge in [-0.25, -0.2) is 4.79 Å². The van der Waals surface area contributed by atoms with Crippen LogP contribution in [0.15, 0.2) is 42.5 Å². The van der Waals surface area contributed by atoms with Crippen LogP contribution in [0.4, 0.5) is 5.69 Å². The number of hydrogen-bond acceptors (Lipinski definition) is 2. The van der Waals surface area contributed by atoms with Gasteiger partial charge >= 0.3 is 5.97 Å². The molecule has 2 aromatic rings. The molecule has 0 fully saturated rings. The van der Waals surface area contributed by atoms with E-state index in [1.807, 2.05) is 36.4 Å². The molecule has 0 saturated heterocycles. The first-order valence-electron chi connectivity index (χ1n) is 5.81. The average molecular weight is 276 g/mol. The van der Waals surface area contributed by atoms with Crippen molar-refractivity contribution in [3.8, 4) is 11.1 Å². The van der Waals surface area contributed by atoms with Gasteiger partial charge in [0.1, 0.15) is 5.56 Å². The quantitative estimate of drug-likeness (QED) is 0.927. The van der Waals surface area contributed by atoms with Gasteiger partial charge in [0, 0.05) is 19.7 Å². The third kappa shape index (κ3) is 2.56. The molecule has 0 aliphatic heterocycles. The summed E-state index contributed by atoms with van der Waals surface area (Å²) in [6.07, 6.45) is 0. The molecule has 98 valence electrons. The maximum atomic E-state index is 11.4. The molecule has 2 aromatic carbocycles. The monoisotopic (exact) mass is 275 g/mol. The van der Waals surface area contributed by atoms with Crippen molar-refractivity contribution in [1.82, 2.24) is 0 Å². The summed E-state index contributed by atoms with van der Waals surface area (Å²) in [5.41, 5.74) is 2.36. The molecule has 0 saturated carbocycles. The summed E-state index contributed by atoms with van der Waals surface area (Å²) in [7, 11) is 3.58. The molecule has 0 amide bonds. The summed E-state index contributed by atoms with van der Waals surface area (Å²) in [5.74, 6) is -1.02. The largest absolute Gasteiger partial charge is 0.478 e. The molecule has 0 aliphatic carbocycles. The second-order valence-electron chi connectivity index (χ2n) is 4.39. The van der Waals surface area contributed by atoms with Crippen molar-refractivity contribution in [1.29, 1.82) is 0 Å². The smallest absolute Gasteiger partial charge is 0.339 e. The van der Waals surface area contributed by atoms with Crippen LogP contribution < -0.4 is 4.90 Å². The van der Waals surface area contributed by atoms with Gasteiger partial charge < -0.3 is 10.0 Å². The van der Waals surface area contributed by atoms with E-state index in [2.05, 4.69) is 0 Å². The normalized spacial score (nSPS) is 10.3. The van der Waals surface area contributed by atoms with Gasteiger partial charge in [0.15, 0.2) is 0 Å². The van der Waals surface area contributed by atoms with Crippen molar-refractivity contribution in [3.63, 3.8) is 0 Å². The molecule has 0 spiro atoms. The third-order valence-corrected chi connectivity index (χ3v) is 3.29. The van der Waals surface area contributed by atoms with Crippen molar-refractivity contribution < 1.29 is 9.90 Å². The van der Waals surface area contributed by atoms with E-state index in [0.29, 0.717) is 5.69 Å². The highest BCUT2D eigenvalue weighted by atomic mass is 35.5. The van der Waals surface area contributed by atoms with E-state index >= 15 is 0 Å². The second-order valence-corrected chi connectivity index (χ2v) is 4.76. The maximum Gasteiger partial charge on any atom is 0.339 e. The van der Waals surface area contributed by atoms with Gasteiger partial charge in [0.05, 0.1) is 10.7 Å². The lowest BCUT2D eigenvalue weighted by Crippen LogP contribution is -2.14. The van der Waals surface area contributed by atoms with E-state index in [1.165, 1.54) is 0 Å². The summed E-state index contributed by atoms with van der Waals surface area (Å²) in [6.45, 7) is 0. The van der Waals surface area contributed by atoms with Crippen LogP contribution in [0.1, 0.15) is 10.4 Å². The second kappa shape index (κ2) is 5.33. The van der Waals surface area contributed by atoms with Crippen LogP contribution in [0.2, 0.25) is 5.02 Å². The number of carbonyl (C=O) groups is 1. The lowest BCUT2D eigenvalue weighted by Gasteiger charge is -2.18. The minimum atomic E-state index is -1.02. The molecule has 0 unspecified atom stereocenters. The van der Waals surface area contributed by atoms with Crippen molar-refractivity contribution in [2.24, 2.45) is 0 Å². The van der Waals surface area contributed by atoms with Gasteiger partial charge in [-0.15, -0.1) is 0 Å². The molecule has 2 rings (SSSR count). The zero-order valence-corrected chi connectivity index (χ0v) is 11.5. The van der Waals surface area contributed by atoms with Gasteiger partial charge in [-0.2, -0.15) is 0 Å². The minimum absolute atomic E-state index is 0.132. The van der Waals surface area contributed by atoms with Gasteiger partial charge in [-0.1, -0.05) is 48.0 Å². The molecular formula is C15H14ClNO2. The van der Waals surface area contributed by atoms with Crippen molar-refractivity contribution in [3.05, 3.63) is 53.1 Å². The predicted octanol–water partition coefficient (Wildman–Crippen LogP) is 3.77. The summed E-state index contributed by atoms with van der Waals surface area (Å²) >= 11 is 6.28. The number of nitrogens with zero attached hydrogens (tertiary/aromatic N) is 1. The average Bonchev–Trinajstić information content (AvgIpc) is 2.38. The Kier molecular flexibility index (Phi) is 3.76. The molecule has 4 heteroatoms. The number of aromatic carboxylic acids is 1. The standard InChI is InChI=1S/C15H14ClNO2/c1-17(2)12-9-8-11(10-6-4-3-5-7-10)14(16)13(12)15(18)19/h3-9H,1-2H3,(H,18,19). The lowest BCUT2D eigenvalue weighted by atomic mass is 10.0. The molecule has 3 nitrogen and oxygen atoms in total. The number of halogens is 1. The molecule has 0 aromatic heterocycles. The third-order valence-electron chi connectivity index (χ3n) is 2.90.